The summed E-state index contributed by atoms with van der Waals surface area (Å²) in [5.74, 6) is 2.05. The van der Waals surface area contributed by atoms with Gasteiger partial charge in [0.2, 0.25) is 0 Å². The summed E-state index contributed by atoms with van der Waals surface area (Å²) in [6.45, 7) is 5.46. The van der Waals surface area contributed by atoms with Crippen LogP contribution in [0.25, 0.3) is 0 Å². The molecular formula is C14H22N4O. The molecule has 1 unspecified atom stereocenters. The highest BCUT2D eigenvalue weighted by Gasteiger charge is 2.26. The quantitative estimate of drug-likeness (QED) is 0.845. The van der Waals surface area contributed by atoms with Crippen LogP contribution in [0.1, 0.15) is 44.3 Å². The predicted molar refractivity (Wildman–Crippen MR) is 75.6 cm³/mol. The fourth-order valence-electron chi connectivity index (χ4n) is 2.68. The van der Waals surface area contributed by atoms with Gasteiger partial charge in [-0.1, -0.05) is 0 Å². The summed E-state index contributed by atoms with van der Waals surface area (Å²) < 4.78 is 0. The fourth-order valence-corrected chi connectivity index (χ4v) is 2.68. The van der Waals surface area contributed by atoms with Crippen LogP contribution < -0.4 is 10.9 Å². The van der Waals surface area contributed by atoms with Gasteiger partial charge in [0.15, 0.2) is 0 Å². The molecule has 0 amide bonds. The molecule has 3 rings (SSSR count). The van der Waals surface area contributed by atoms with Gasteiger partial charge in [-0.2, -0.15) is 0 Å². The highest BCUT2D eigenvalue weighted by molar-refractivity contribution is 5.34. The lowest BCUT2D eigenvalue weighted by Gasteiger charge is -2.24. The summed E-state index contributed by atoms with van der Waals surface area (Å²) in [4.78, 5) is 21.4. The lowest BCUT2D eigenvalue weighted by atomic mass is 10.3. The van der Waals surface area contributed by atoms with E-state index in [-0.39, 0.29) is 5.56 Å². The number of aromatic nitrogens is 2. The van der Waals surface area contributed by atoms with Gasteiger partial charge in [0, 0.05) is 24.6 Å². The predicted octanol–water partition coefficient (Wildman–Crippen LogP) is 1.54. The van der Waals surface area contributed by atoms with Crippen LogP contribution in [0, 0.1) is 0 Å². The fraction of sp³-hybridized carbons (Fsp3) is 0.714. The second-order valence-corrected chi connectivity index (χ2v) is 5.76. The molecule has 1 saturated heterocycles. The van der Waals surface area contributed by atoms with Crippen LogP contribution in [-0.4, -0.2) is 40.5 Å². The number of likely N-dealkylation sites (tertiary alicyclic amines) is 1. The van der Waals surface area contributed by atoms with E-state index in [0.717, 1.165) is 31.0 Å². The van der Waals surface area contributed by atoms with Gasteiger partial charge >= 0.3 is 0 Å². The zero-order chi connectivity index (χ0) is 13.2. The molecule has 2 heterocycles. The topological polar surface area (TPSA) is 61.0 Å². The van der Waals surface area contributed by atoms with E-state index in [4.69, 9.17) is 0 Å². The first-order chi connectivity index (χ1) is 9.22. The van der Waals surface area contributed by atoms with Crippen molar-refractivity contribution in [3.05, 3.63) is 22.2 Å². The number of hydrogen-bond donors (Lipinski definition) is 2. The van der Waals surface area contributed by atoms with Gasteiger partial charge in [0.05, 0.1) is 0 Å². The molecule has 1 aliphatic carbocycles. The third-order valence-electron chi connectivity index (χ3n) is 4.07. The average Bonchev–Trinajstić information content (AvgIpc) is 3.11. The van der Waals surface area contributed by atoms with E-state index in [1.54, 1.807) is 6.07 Å². The summed E-state index contributed by atoms with van der Waals surface area (Å²) in [6, 6.07) is 2.05. The van der Waals surface area contributed by atoms with Gasteiger partial charge in [0.25, 0.3) is 5.56 Å². The minimum atomic E-state index is -0.0479. The van der Waals surface area contributed by atoms with Gasteiger partial charge in [0.1, 0.15) is 11.6 Å². The molecule has 0 aromatic carbocycles. The van der Waals surface area contributed by atoms with Crippen molar-refractivity contribution in [1.82, 2.24) is 14.9 Å². The Balaban J connectivity index is 1.61. The smallest absolute Gasteiger partial charge is 0.252 e. The van der Waals surface area contributed by atoms with Crippen LogP contribution in [-0.2, 0) is 0 Å². The molecule has 19 heavy (non-hydrogen) atoms. The maximum atomic E-state index is 11.6. The van der Waals surface area contributed by atoms with E-state index in [1.165, 1.54) is 25.9 Å². The van der Waals surface area contributed by atoms with Crippen molar-refractivity contribution in [2.75, 3.05) is 25.0 Å². The zero-order valence-electron chi connectivity index (χ0n) is 11.5. The van der Waals surface area contributed by atoms with E-state index in [1.807, 2.05) is 0 Å². The van der Waals surface area contributed by atoms with Crippen LogP contribution in [0.4, 0.5) is 5.82 Å². The largest absolute Gasteiger partial charge is 0.368 e. The first-order valence-corrected chi connectivity index (χ1v) is 7.31. The summed E-state index contributed by atoms with van der Waals surface area (Å²) in [5, 5.41) is 3.31. The molecule has 0 bridgehead atoms. The van der Waals surface area contributed by atoms with Crippen LogP contribution in [0.3, 0.4) is 0 Å². The van der Waals surface area contributed by atoms with Crippen LogP contribution >= 0.6 is 0 Å². The molecular weight excluding hydrogens is 240 g/mol. The van der Waals surface area contributed by atoms with E-state index in [0.29, 0.717) is 12.0 Å². The number of aromatic amines is 1. The Kier molecular flexibility index (Phi) is 3.55. The number of H-pyrrole nitrogens is 1. The third-order valence-corrected chi connectivity index (χ3v) is 4.07. The van der Waals surface area contributed by atoms with Crippen molar-refractivity contribution in [3.63, 3.8) is 0 Å². The summed E-state index contributed by atoms with van der Waals surface area (Å²) in [5.41, 5.74) is -0.0479. The van der Waals surface area contributed by atoms with Crippen LogP contribution in [0.5, 0.6) is 0 Å². The van der Waals surface area contributed by atoms with Crippen molar-refractivity contribution in [3.8, 4) is 0 Å². The molecule has 1 aromatic heterocycles. The van der Waals surface area contributed by atoms with Crippen molar-refractivity contribution < 1.29 is 0 Å². The van der Waals surface area contributed by atoms with Crippen LogP contribution in [0.15, 0.2) is 10.9 Å². The standard InChI is InChI=1S/C14H22N4O/c1-10(18-6-2-3-7-18)9-15-12-8-13(19)17-14(16-12)11-4-5-11/h8,10-11H,2-7,9H2,1H3,(H2,15,16,17,19). The second kappa shape index (κ2) is 5.33. The Morgan fingerprint density at radius 1 is 1.47 bits per heavy atom. The van der Waals surface area contributed by atoms with Gasteiger partial charge in [-0.3, -0.25) is 9.69 Å². The lowest BCUT2D eigenvalue weighted by molar-refractivity contribution is 0.269. The SMILES string of the molecule is CC(CNc1cc(=O)[nH]c(C2CC2)n1)N1CCCC1. The second-order valence-electron chi connectivity index (χ2n) is 5.76. The average molecular weight is 262 g/mol. The van der Waals surface area contributed by atoms with Gasteiger partial charge < -0.3 is 10.3 Å². The zero-order valence-corrected chi connectivity index (χ0v) is 11.5. The van der Waals surface area contributed by atoms with Crippen molar-refractivity contribution in [2.24, 2.45) is 0 Å². The van der Waals surface area contributed by atoms with Crippen LogP contribution in [0.2, 0.25) is 0 Å². The van der Waals surface area contributed by atoms with Crippen molar-refractivity contribution in [2.45, 2.75) is 44.6 Å². The molecule has 1 saturated carbocycles. The van der Waals surface area contributed by atoms with Gasteiger partial charge in [-0.05, 0) is 45.7 Å². The minimum Gasteiger partial charge on any atom is -0.368 e. The Bertz CT molecular complexity index is 488. The number of nitrogens with zero attached hydrogens (tertiary/aromatic N) is 2. The monoisotopic (exact) mass is 262 g/mol. The number of rotatable bonds is 5. The first kappa shape index (κ1) is 12.7. The lowest BCUT2D eigenvalue weighted by Crippen LogP contribution is -2.35. The molecule has 5 nitrogen and oxygen atoms in total. The van der Waals surface area contributed by atoms with E-state index in [9.17, 15) is 4.79 Å². The number of anilines is 1. The maximum Gasteiger partial charge on any atom is 0.252 e. The Hall–Kier alpha value is -1.36. The van der Waals surface area contributed by atoms with E-state index in [2.05, 4.69) is 27.1 Å². The number of hydrogen-bond acceptors (Lipinski definition) is 4. The van der Waals surface area contributed by atoms with E-state index < -0.39 is 0 Å². The van der Waals surface area contributed by atoms with Gasteiger partial charge in [-0.25, -0.2) is 4.98 Å². The normalized spacial score (nSPS) is 21.5. The highest BCUT2D eigenvalue weighted by Crippen LogP contribution is 2.37. The molecule has 1 aliphatic heterocycles. The molecule has 2 aliphatic rings. The van der Waals surface area contributed by atoms with Gasteiger partial charge in [-0.15, -0.1) is 0 Å². The molecule has 2 fully saturated rings. The summed E-state index contributed by atoms with van der Waals surface area (Å²) in [7, 11) is 0. The molecule has 2 N–H and O–H groups in total. The molecule has 1 atom stereocenters. The molecule has 104 valence electrons. The van der Waals surface area contributed by atoms with Crippen molar-refractivity contribution in [1.29, 1.82) is 0 Å². The molecule has 0 radical (unpaired) electrons. The number of nitrogens with one attached hydrogen (secondary N) is 2. The molecule has 1 aromatic rings. The third kappa shape index (κ3) is 3.15. The molecule has 5 heteroatoms. The molecule has 0 spiro atoms. The highest BCUT2D eigenvalue weighted by atomic mass is 16.1. The van der Waals surface area contributed by atoms with Crippen molar-refractivity contribution >= 4 is 5.82 Å². The Labute approximate surface area is 113 Å². The minimum absolute atomic E-state index is 0.0479. The Morgan fingerprint density at radius 2 is 2.21 bits per heavy atom. The summed E-state index contributed by atoms with van der Waals surface area (Å²) >= 11 is 0. The van der Waals surface area contributed by atoms with E-state index >= 15 is 0 Å². The summed E-state index contributed by atoms with van der Waals surface area (Å²) in [6.07, 6.45) is 4.91. The Morgan fingerprint density at radius 3 is 2.89 bits per heavy atom. The first-order valence-electron chi connectivity index (χ1n) is 7.31. The maximum absolute atomic E-state index is 11.6.